The molecule has 1 saturated carbocycles. The molecular weight excluding hydrogens is 158 g/mol. The monoisotopic (exact) mass is 181 g/mol. The molecule has 0 spiro atoms. The summed E-state index contributed by atoms with van der Waals surface area (Å²) < 4.78 is 0. The van der Waals surface area contributed by atoms with Crippen LogP contribution >= 0.6 is 0 Å². The topological polar surface area (TPSA) is 12.0 Å². The molecule has 1 heteroatoms. The van der Waals surface area contributed by atoms with Crippen LogP contribution in [0.1, 0.15) is 46.0 Å². The van der Waals surface area contributed by atoms with Crippen LogP contribution in [0.3, 0.4) is 0 Å². The lowest BCUT2D eigenvalue weighted by molar-refractivity contribution is 0.222. The third kappa shape index (κ3) is 3.51. The van der Waals surface area contributed by atoms with Crippen molar-refractivity contribution in [3.8, 4) is 0 Å². The maximum atomic E-state index is 3.96. The molecule has 0 amide bonds. The van der Waals surface area contributed by atoms with E-state index in [1.54, 1.807) is 0 Å². The van der Waals surface area contributed by atoms with E-state index in [0.29, 0.717) is 0 Å². The zero-order valence-electron chi connectivity index (χ0n) is 9.10. The highest BCUT2D eigenvalue weighted by molar-refractivity contribution is 4.91. The summed E-state index contributed by atoms with van der Waals surface area (Å²) in [5.41, 5.74) is 1.32. The fourth-order valence-corrected chi connectivity index (χ4v) is 2.01. The fourth-order valence-electron chi connectivity index (χ4n) is 2.01. The molecule has 76 valence electrons. The molecule has 1 fully saturated rings. The maximum Gasteiger partial charge on any atom is 0.00982 e. The van der Waals surface area contributed by atoms with Gasteiger partial charge in [-0.2, -0.15) is 0 Å². The van der Waals surface area contributed by atoms with E-state index in [9.17, 15) is 0 Å². The average Bonchev–Trinajstić information content (AvgIpc) is 1.97. The van der Waals surface area contributed by atoms with Gasteiger partial charge in [-0.3, -0.25) is 0 Å². The van der Waals surface area contributed by atoms with Gasteiger partial charge in [0.1, 0.15) is 0 Å². The summed E-state index contributed by atoms with van der Waals surface area (Å²) in [4.78, 5) is 0. The van der Waals surface area contributed by atoms with Crippen LogP contribution in [-0.4, -0.2) is 12.6 Å². The van der Waals surface area contributed by atoms with Gasteiger partial charge in [0.15, 0.2) is 0 Å². The molecular formula is C12H23N. The Hall–Kier alpha value is -0.300. The summed E-state index contributed by atoms with van der Waals surface area (Å²) in [5, 5.41) is 3.60. The van der Waals surface area contributed by atoms with Gasteiger partial charge in [-0.1, -0.05) is 18.9 Å². The lowest BCUT2D eigenvalue weighted by Crippen LogP contribution is -2.39. The molecule has 1 aliphatic rings. The van der Waals surface area contributed by atoms with Crippen LogP contribution in [0.2, 0.25) is 0 Å². The van der Waals surface area contributed by atoms with Crippen molar-refractivity contribution in [3.05, 3.63) is 12.2 Å². The molecule has 1 atom stereocenters. The summed E-state index contributed by atoms with van der Waals surface area (Å²) in [5.74, 6) is 0.958. The van der Waals surface area contributed by atoms with E-state index < -0.39 is 0 Å². The lowest BCUT2D eigenvalue weighted by Gasteiger charge is -2.34. The van der Waals surface area contributed by atoms with Gasteiger partial charge < -0.3 is 5.32 Å². The minimum absolute atomic E-state index is 0.760. The lowest BCUT2D eigenvalue weighted by atomic mass is 9.78. The van der Waals surface area contributed by atoms with E-state index in [4.69, 9.17) is 0 Å². The summed E-state index contributed by atoms with van der Waals surface area (Å²) in [7, 11) is 0. The van der Waals surface area contributed by atoms with Crippen LogP contribution in [-0.2, 0) is 0 Å². The standard InChI is InChI=1S/C12H23N/c1-4-13-12(9-8-10(2)3)11-6-5-7-11/h11-13H,2,4-9H2,1,3H3. The largest absolute Gasteiger partial charge is 0.314 e. The summed E-state index contributed by atoms with van der Waals surface area (Å²) in [6.07, 6.45) is 6.79. The molecule has 1 nitrogen and oxygen atoms in total. The van der Waals surface area contributed by atoms with E-state index >= 15 is 0 Å². The van der Waals surface area contributed by atoms with Crippen LogP contribution in [0.25, 0.3) is 0 Å². The van der Waals surface area contributed by atoms with Gasteiger partial charge in [0.25, 0.3) is 0 Å². The van der Waals surface area contributed by atoms with Crippen molar-refractivity contribution < 1.29 is 0 Å². The van der Waals surface area contributed by atoms with Crippen LogP contribution in [0.15, 0.2) is 12.2 Å². The minimum atomic E-state index is 0.760. The van der Waals surface area contributed by atoms with E-state index in [1.807, 2.05) is 0 Å². The molecule has 1 rings (SSSR count). The molecule has 0 radical (unpaired) electrons. The molecule has 0 heterocycles. The van der Waals surface area contributed by atoms with Crippen molar-refractivity contribution in [1.82, 2.24) is 5.32 Å². The predicted octanol–water partition coefficient (Wildman–Crippen LogP) is 3.12. The highest BCUT2D eigenvalue weighted by Crippen LogP contribution is 2.31. The van der Waals surface area contributed by atoms with Crippen molar-refractivity contribution in [1.29, 1.82) is 0 Å². The molecule has 0 bridgehead atoms. The zero-order chi connectivity index (χ0) is 9.68. The summed E-state index contributed by atoms with van der Waals surface area (Å²) >= 11 is 0. The van der Waals surface area contributed by atoms with Crippen LogP contribution in [0.5, 0.6) is 0 Å². The van der Waals surface area contributed by atoms with Crippen LogP contribution in [0.4, 0.5) is 0 Å². The number of hydrogen-bond donors (Lipinski definition) is 1. The van der Waals surface area contributed by atoms with Crippen molar-refractivity contribution in [2.75, 3.05) is 6.54 Å². The van der Waals surface area contributed by atoms with E-state index in [0.717, 1.165) is 18.5 Å². The number of rotatable bonds is 6. The van der Waals surface area contributed by atoms with E-state index in [-0.39, 0.29) is 0 Å². The van der Waals surface area contributed by atoms with Gasteiger partial charge in [0.05, 0.1) is 0 Å². The van der Waals surface area contributed by atoms with Crippen LogP contribution < -0.4 is 5.32 Å². The van der Waals surface area contributed by atoms with Gasteiger partial charge >= 0.3 is 0 Å². The highest BCUT2D eigenvalue weighted by Gasteiger charge is 2.25. The second-order valence-corrected chi connectivity index (χ2v) is 4.35. The van der Waals surface area contributed by atoms with Gasteiger partial charge in [0.2, 0.25) is 0 Å². The van der Waals surface area contributed by atoms with Gasteiger partial charge in [-0.25, -0.2) is 0 Å². The third-order valence-corrected chi connectivity index (χ3v) is 3.07. The first kappa shape index (κ1) is 10.8. The molecule has 0 aromatic rings. The minimum Gasteiger partial charge on any atom is -0.314 e. The molecule has 1 aliphatic carbocycles. The Balaban J connectivity index is 2.24. The van der Waals surface area contributed by atoms with Crippen molar-refractivity contribution >= 4 is 0 Å². The molecule has 0 aromatic carbocycles. The maximum absolute atomic E-state index is 3.96. The average molecular weight is 181 g/mol. The molecule has 1 unspecified atom stereocenters. The molecule has 1 N–H and O–H groups in total. The first-order valence-corrected chi connectivity index (χ1v) is 5.61. The number of hydrogen-bond acceptors (Lipinski definition) is 1. The Morgan fingerprint density at radius 3 is 2.62 bits per heavy atom. The highest BCUT2D eigenvalue weighted by atomic mass is 14.9. The first-order valence-electron chi connectivity index (χ1n) is 5.61. The second-order valence-electron chi connectivity index (χ2n) is 4.35. The van der Waals surface area contributed by atoms with E-state index in [1.165, 1.54) is 37.7 Å². The van der Waals surface area contributed by atoms with Crippen molar-refractivity contribution in [3.63, 3.8) is 0 Å². The van der Waals surface area contributed by atoms with Crippen molar-refractivity contribution in [2.24, 2.45) is 5.92 Å². The SMILES string of the molecule is C=C(C)CCC(NCC)C1CCC1. The van der Waals surface area contributed by atoms with Gasteiger partial charge in [-0.05, 0) is 45.1 Å². The van der Waals surface area contributed by atoms with E-state index in [2.05, 4.69) is 25.7 Å². The summed E-state index contributed by atoms with van der Waals surface area (Å²) in [6.45, 7) is 9.40. The Kier molecular flexibility index (Phi) is 4.51. The zero-order valence-corrected chi connectivity index (χ0v) is 9.10. The number of allylic oxidation sites excluding steroid dienone is 1. The van der Waals surface area contributed by atoms with Crippen LogP contribution in [0, 0.1) is 5.92 Å². The molecule has 0 aliphatic heterocycles. The quantitative estimate of drug-likeness (QED) is 0.621. The Labute approximate surface area is 82.6 Å². The third-order valence-electron chi connectivity index (χ3n) is 3.07. The second kappa shape index (κ2) is 5.43. The Morgan fingerprint density at radius 1 is 1.54 bits per heavy atom. The first-order chi connectivity index (χ1) is 6.24. The normalized spacial score (nSPS) is 19.5. The van der Waals surface area contributed by atoms with Crippen molar-refractivity contribution in [2.45, 2.75) is 52.0 Å². The summed E-state index contributed by atoms with van der Waals surface area (Å²) in [6, 6.07) is 0.760. The Bertz CT molecular complexity index is 159. The molecule has 0 saturated heterocycles. The smallest absolute Gasteiger partial charge is 0.00982 e. The molecule has 13 heavy (non-hydrogen) atoms. The van der Waals surface area contributed by atoms with Gasteiger partial charge in [-0.15, -0.1) is 6.58 Å². The Morgan fingerprint density at radius 2 is 2.23 bits per heavy atom. The van der Waals surface area contributed by atoms with Gasteiger partial charge in [0, 0.05) is 6.04 Å². The predicted molar refractivity (Wildman–Crippen MR) is 58.9 cm³/mol. The number of nitrogens with one attached hydrogen (secondary N) is 1. The fraction of sp³-hybridized carbons (Fsp3) is 0.833. The molecule has 0 aromatic heterocycles.